The van der Waals surface area contributed by atoms with E-state index in [0.717, 1.165) is 37.6 Å². The minimum atomic E-state index is -0.369. The number of rotatable bonds is 8. The first-order valence-corrected chi connectivity index (χ1v) is 10.3. The average Bonchev–Trinajstić information content (AvgIpc) is 3.28. The SMILES string of the molecule is COCCn1nnnc1[C@H](c1ccccc1F)N1CCN(c2ccc(OC)cc2)CC1. The second-order valence-corrected chi connectivity index (χ2v) is 7.40. The molecule has 9 heteroatoms. The van der Waals surface area contributed by atoms with E-state index in [1.165, 1.54) is 6.07 Å². The quantitative estimate of drug-likeness (QED) is 0.548. The summed E-state index contributed by atoms with van der Waals surface area (Å²) in [6.07, 6.45) is 0. The van der Waals surface area contributed by atoms with Gasteiger partial charge < -0.3 is 14.4 Å². The summed E-state index contributed by atoms with van der Waals surface area (Å²) in [7, 11) is 3.30. The van der Waals surface area contributed by atoms with E-state index in [1.807, 2.05) is 24.3 Å². The number of methoxy groups -OCH3 is 2. The van der Waals surface area contributed by atoms with E-state index in [1.54, 1.807) is 25.0 Å². The number of tetrazole rings is 1. The molecule has 1 fully saturated rings. The summed E-state index contributed by atoms with van der Waals surface area (Å²) in [4.78, 5) is 4.57. The van der Waals surface area contributed by atoms with Crippen LogP contribution in [0, 0.1) is 5.82 Å². The van der Waals surface area contributed by atoms with Gasteiger partial charge in [0.25, 0.3) is 0 Å². The lowest BCUT2D eigenvalue weighted by atomic mass is 10.0. The van der Waals surface area contributed by atoms with E-state index in [0.29, 0.717) is 24.5 Å². The molecule has 1 aliphatic heterocycles. The third kappa shape index (κ3) is 4.67. The van der Waals surface area contributed by atoms with Crippen LogP contribution in [0.4, 0.5) is 10.1 Å². The Morgan fingerprint density at radius 3 is 2.42 bits per heavy atom. The Hall–Kier alpha value is -3.04. The molecule has 4 rings (SSSR count). The highest BCUT2D eigenvalue weighted by molar-refractivity contribution is 5.49. The second-order valence-electron chi connectivity index (χ2n) is 7.40. The third-order valence-corrected chi connectivity index (χ3v) is 5.63. The summed E-state index contributed by atoms with van der Waals surface area (Å²) in [6.45, 7) is 4.13. The van der Waals surface area contributed by atoms with Crippen LogP contribution in [0.5, 0.6) is 5.75 Å². The average molecular weight is 426 g/mol. The summed E-state index contributed by atoms with van der Waals surface area (Å²) in [6, 6.07) is 14.5. The maximum absolute atomic E-state index is 14.8. The molecule has 2 aromatic carbocycles. The minimum Gasteiger partial charge on any atom is -0.497 e. The summed E-state index contributed by atoms with van der Waals surface area (Å²) >= 11 is 0. The molecule has 164 valence electrons. The van der Waals surface area contributed by atoms with Crippen molar-refractivity contribution in [1.29, 1.82) is 0 Å². The minimum absolute atomic E-state index is 0.258. The normalized spacial score (nSPS) is 15.8. The summed E-state index contributed by atoms with van der Waals surface area (Å²) < 4.78 is 27.0. The van der Waals surface area contributed by atoms with Crippen LogP contribution in [-0.4, -0.2) is 72.1 Å². The number of aromatic nitrogens is 4. The maximum Gasteiger partial charge on any atom is 0.173 e. The highest BCUT2D eigenvalue weighted by Crippen LogP contribution is 2.31. The first-order valence-electron chi connectivity index (χ1n) is 10.3. The zero-order valence-corrected chi connectivity index (χ0v) is 17.8. The van der Waals surface area contributed by atoms with Crippen LogP contribution in [0.2, 0.25) is 0 Å². The molecule has 1 aliphatic rings. The highest BCUT2D eigenvalue weighted by Gasteiger charge is 2.32. The molecular formula is C22H27FN6O2. The largest absolute Gasteiger partial charge is 0.497 e. The predicted molar refractivity (Wildman–Crippen MR) is 115 cm³/mol. The number of hydrogen-bond acceptors (Lipinski definition) is 7. The monoisotopic (exact) mass is 426 g/mol. The first-order chi connectivity index (χ1) is 15.2. The van der Waals surface area contributed by atoms with Gasteiger partial charge in [-0.15, -0.1) is 5.10 Å². The van der Waals surface area contributed by atoms with Gasteiger partial charge in [-0.2, -0.15) is 0 Å². The molecule has 0 bridgehead atoms. The molecule has 1 aromatic heterocycles. The van der Waals surface area contributed by atoms with E-state index in [-0.39, 0.29) is 11.9 Å². The lowest BCUT2D eigenvalue weighted by Crippen LogP contribution is -2.48. The van der Waals surface area contributed by atoms with E-state index < -0.39 is 0 Å². The highest BCUT2D eigenvalue weighted by atomic mass is 19.1. The molecule has 2 heterocycles. The van der Waals surface area contributed by atoms with E-state index >= 15 is 0 Å². The standard InChI is InChI=1S/C22H27FN6O2/c1-30-16-15-29-22(24-25-26-29)21(19-5-3-4-6-20(19)23)28-13-11-27(12-14-28)17-7-9-18(31-2)10-8-17/h3-10,21H,11-16H2,1-2H3/t21-/m0/s1. The Balaban J connectivity index is 1.57. The van der Waals surface area contributed by atoms with Crippen LogP contribution < -0.4 is 9.64 Å². The van der Waals surface area contributed by atoms with Gasteiger partial charge in [0.2, 0.25) is 0 Å². The topological polar surface area (TPSA) is 68.5 Å². The molecule has 1 saturated heterocycles. The molecule has 0 unspecified atom stereocenters. The van der Waals surface area contributed by atoms with Crippen LogP contribution in [0.3, 0.4) is 0 Å². The first kappa shape index (κ1) is 21.2. The van der Waals surface area contributed by atoms with Crippen LogP contribution in [0.25, 0.3) is 0 Å². The fourth-order valence-electron chi connectivity index (χ4n) is 3.97. The van der Waals surface area contributed by atoms with Gasteiger partial charge in [0, 0.05) is 44.5 Å². The number of ether oxygens (including phenoxy) is 2. The van der Waals surface area contributed by atoms with Crippen LogP contribution in [-0.2, 0) is 11.3 Å². The van der Waals surface area contributed by atoms with Crippen molar-refractivity contribution in [3.8, 4) is 5.75 Å². The molecule has 0 N–H and O–H groups in total. The van der Waals surface area contributed by atoms with Crippen molar-refractivity contribution in [1.82, 2.24) is 25.1 Å². The number of benzene rings is 2. The molecule has 3 aromatic rings. The molecule has 8 nitrogen and oxygen atoms in total. The molecule has 0 radical (unpaired) electrons. The van der Waals surface area contributed by atoms with Crippen molar-refractivity contribution in [3.63, 3.8) is 0 Å². The smallest absolute Gasteiger partial charge is 0.173 e. The Morgan fingerprint density at radius 2 is 1.74 bits per heavy atom. The number of hydrogen-bond donors (Lipinski definition) is 0. The summed E-state index contributed by atoms with van der Waals surface area (Å²) in [5.41, 5.74) is 1.72. The van der Waals surface area contributed by atoms with Gasteiger partial charge in [0.15, 0.2) is 5.82 Å². The van der Waals surface area contributed by atoms with Crippen LogP contribution in [0.1, 0.15) is 17.4 Å². The lowest BCUT2D eigenvalue weighted by Gasteiger charge is -2.40. The Bertz CT molecular complexity index is 972. The fourth-order valence-corrected chi connectivity index (χ4v) is 3.97. The van der Waals surface area contributed by atoms with E-state index in [2.05, 4.69) is 37.5 Å². The van der Waals surface area contributed by atoms with Gasteiger partial charge in [0.05, 0.1) is 20.3 Å². The van der Waals surface area contributed by atoms with Crippen molar-refractivity contribution >= 4 is 5.69 Å². The van der Waals surface area contributed by atoms with Gasteiger partial charge in [-0.1, -0.05) is 18.2 Å². The molecule has 0 spiro atoms. The van der Waals surface area contributed by atoms with Crippen molar-refractivity contribution in [2.24, 2.45) is 0 Å². The van der Waals surface area contributed by atoms with Crippen LogP contribution in [0.15, 0.2) is 48.5 Å². The molecule has 0 amide bonds. The fraction of sp³-hybridized carbons (Fsp3) is 0.409. The zero-order chi connectivity index (χ0) is 21.6. The predicted octanol–water partition coefficient (Wildman–Crippen LogP) is 2.38. The number of halogens is 1. The van der Waals surface area contributed by atoms with E-state index in [4.69, 9.17) is 9.47 Å². The van der Waals surface area contributed by atoms with E-state index in [9.17, 15) is 4.39 Å². The zero-order valence-electron chi connectivity index (χ0n) is 17.8. The van der Waals surface area contributed by atoms with Gasteiger partial charge in [-0.05, 0) is 40.8 Å². The summed E-state index contributed by atoms with van der Waals surface area (Å²) in [5, 5.41) is 12.2. The van der Waals surface area contributed by atoms with Gasteiger partial charge >= 0.3 is 0 Å². The molecular weight excluding hydrogens is 399 g/mol. The number of piperazine rings is 1. The van der Waals surface area contributed by atoms with Crippen molar-refractivity contribution < 1.29 is 13.9 Å². The van der Waals surface area contributed by atoms with Gasteiger partial charge in [0.1, 0.15) is 17.6 Å². The summed E-state index contributed by atoms with van der Waals surface area (Å²) in [5.74, 6) is 1.20. The van der Waals surface area contributed by atoms with Gasteiger partial charge in [-0.3, -0.25) is 4.90 Å². The molecule has 0 aliphatic carbocycles. The van der Waals surface area contributed by atoms with Crippen LogP contribution >= 0.6 is 0 Å². The number of anilines is 1. The lowest BCUT2D eigenvalue weighted by molar-refractivity contribution is 0.171. The van der Waals surface area contributed by atoms with Crippen molar-refractivity contribution in [3.05, 3.63) is 65.7 Å². The molecule has 0 saturated carbocycles. The Labute approximate surface area is 181 Å². The van der Waals surface area contributed by atoms with Crippen molar-refractivity contribution in [2.45, 2.75) is 12.6 Å². The second kappa shape index (κ2) is 9.84. The van der Waals surface area contributed by atoms with Gasteiger partial charge in [-0.25, -0.2) is 9.07 Å². The molecule has 31 heavy (non-hydrogen) atoms. The Kier molecular flexibility index (Phi) is 6.73. The Morgan fingerprint density at radius 1 is 1.00 bits per heavy atom. The molecule has 1 atom stereocenters. The number of nitrogens with zero attached hydrogens (tertiary/aromatic N) is 6. The van der Waals surface area contributed by atoms with Crippen molar-refractivity contribution in [2.75, 3.05) is 51.9 Å². The maximum atomic E-state index is 14.8. The third-order valence-electron chi connectivity index (χ3n) is 5.63.